The highest BCUT2D eigenvalue weighted by atomic mass is 16.5. The fourth-order valence-corrected chi connectivity index (χ4v) is 3.71. The molecule has 0 spiro atoms. The largest absolute Gasteiger partial charge is 0.370 e. The zero-order valence-corrected chi connectivity index (χ0v) is 17.9. The van der Waals surface area contributed by atoms with E-state index in [9.17, 15) is 4.79 Å². The number of anilines is 3. The zero-order valence-electron chi connectivity index (χ0n) is 17.9. The Morgan fingerprint density at radius 3 is 2.81 bits per heavy atom. The Bertz CT molecular complexity index is 1270. The molecule has 5 heterocycles. The van der Waals surface area contributed by atoms with Crippen LogP contribution in [0.1, 0.15) is 25.3 Å². The highest BCUT2D eigenvalue weighted by molar-refractivity contribution is 5.94. The molecule has 0 atom stereocenters. The van der Waals surface area contributed by atoms with Gasteiger partial charge in [-0.2, -0.15) is 5.10 Å². The van der Waals surface area contributed by atoms with Crippen LogP contribution in [0, 0.1) is 0 Å². The molecule has 9 heteroatoms. The molecule has 1 N–H and O–H groups in total. The molecule has 0 saturated carbocycles. The highest BCUT2D eigenvalue weighted by Gasteiger charge is 2.20. The van der Waals surface area contributed by atoms with Gasteiger partial charge in [0, 0.05) is 30.1 Å². The fraction of sp³-hybridized carbons (Fsp3) is 0.261. The number of hydrogen-bond acceptors (Lipinski definition) is 7. The van der Waals surface area contributed by atoms with Crippen molar-refractivity contribution in [1.29, 1.82) is 0 Å². The predicted octanol–water partition coefficient (Wildman–Crippen LogP) is 3.42. The Balaban J connectivity index is 1.37. The number of nitrogens with zero attached hydrogens (tertiary/aromatic N) is 6. The summed E-state index contributed by atoms with van der Waals surface area (Å²) in [7, 11) is 0. The molecule has 1 aliphatic rings. The summed E-state index contributed by atoms with van der Waals surface area (Å²) in [6, 6.07) is 9.62. The Morgan fingerprint density at radius 1 is 1.12 bits per heavy atom. The van der Waals surface area contributed by atoms with Gasteiger partial charge in [-0.15, -0.1) is 0 Å². The van der Waals surface area contributed by atoms with E-state index in [1.807, 2.05) is 35.1 Å². The number of nitrogens with one attached hydrogen (secondary N) is 1. The standard InChI is InChI=1S/C23H23N7O2/c1-15(2)18-13-26-30-8-6-16(11-20(18)30)19-5-7-24-23(27-19)28-21-4-3-17(12-25-21)29-9-10-32-14-22(29)31/h3-8,11-13,15H,9-10,14H2,1-2H3,(H,24,25,27,28). The van der Waals surface area contributed by atoms with Gasteiger partial charge in [-0.25, -0.2) is 19.5 Å². The van der Waals surface area contributed by atoms with E-state index in [2.05, 4.69) is 45.3 Å². The Morgan fingerprint density at radius 2 is 2.03 bits per heavy atom. The second-order valence-corrected chi connectivity index (χ2v) is 7.89. The Kier molecular flexibility index (Phi) is 5.24. The first-order chi connectivity index (χ1) is 15.6. The molecule has 0 radical (unpaired) electrons. The first kappa shape index (κ1) is 20.1. The van der Waals surface area contributed by atoms with E-state index in [0.717, 1.165) is 22.5 Å². The zero-order chi connectivity index (χ0) is 22.1. The average Bonchev–Trinajstić information content (AvgIpc) is 3.24. The third-order valence-electron chi connectivity index (χ3n) is 5.41. The molecule has 4 aromatic rings. The molecule has 0 aliphatic carbocycles. The number of amides is 1. The lowest BCUT2D eigenvalue weighted by molar-refractivity contribution is -0.125. The third-order valence-corrected chi connectivity index (χ3v) is 5.41. The summed E-state index contributed by atoms with van der Waals surface area (Å²) in [6.45, 7) is 5.46. The van der Waals surface area contributed by atoms with E-state index in [0.29, 0.717) is 30.8 Å². The molecule has 0 aromatic carbocycles. The number of ether oxygens (including phenoxy) is 1. The van der Waals surface area contributed by atoms with Gasteiger partial charge in [0.2, 0.25) is 5.95 Å². The van der Waals surface area contributed by atoms with Crippen LogP contribution in [0.5, 0.6) is 0 Å². The summed E-state index contributed by atoms with van der Waals surface area (Å²) in [6.07, 6.45) is 7.24. The van der Waals surface area contributed by atoms with Gasteiger partial charge in [-0.1, -0.05) is 13.8 Å². The van der Waals surface area contributed by atoms with Crippen LogP contribution in [0.3, 0.4) is 0 Å². The maximum atomic E-state index is 12.0. The number of morpholine rings is 1. The maximum absolute atomic E-state index is 12.0. The van der Waals surface area contributed by atoms with Crippen molar-refractivity contribution in [2.24, 2.45) is 0 Å². The summed E-state index contributed by atoms with van der Waals surface area (Å²) >= 11 is 0. The van der Waals surface area contributed by atoms with Crippen LogP contribution in [0.25, 0.3) is 16.8 Å². The van der Waals surface area contributed by atoms with Crippen LogP contribution in [0.4, 0.5) is 17.5 Å². The van der Waals surface area contributed by atoms with Gasteiger partial charge >= 0.3 is 0 Å². The van der Waals surface area contributed by atoms with Crippen molar-refractivity contribution < 1.29 is 9.53 Å². The van der Waals surface area contributed by atoms with Crippen LogP contribution in [-0.4, -0.2) is 50.2 Å². The fourth-order valence-electron chi connectivity index (χ4n) is 3.71. The number of hydrogen-bond donors (Lipinski definition) is 1. The van der Waals surface area contributed by atoms with Crippen LogP contribution in [0.15, 0.2) is 55.1 Å². The molecule has 1 aliphatic heterocycles. The Labute approximate surface area is 185 Å². The van der Waals surface area contributed by atoms with Crippen LogP contribution in [0.2, 0.25) is 0 Å². The minimum Gasteiger partial charge on any atom is -0.370 e. The minimum atomic E-state index is -0.0643. The van der Waals surface area contributed by atoms with Crippen molar-refractivity contribution in [3.8, 4) is 11.3 Å². The molecule has 32 heavy (non-hydrogen) atoms. The van der Waals surface area contributed by atoms with E-state index < -0.39 is 0 Å². The van der Waals surface area contributed by atoms with E-state index in [1.165, 1.54) is 5.56 Å². The van der Waals surface area contributed by atoms with Gasteiger partial charge in [0.15, 0.2) is 0 Å². The van der Waals surface area contributed by atoms with Crippen molar-refractivity contribution in [3.05, 3.63) is 60.7 Å². The van der Waals surface area contributed by atoms with Gasteiger partial charge in [0.1, 0.15) is 12.4 Å². The lowest BCUT2D eigenvalue weighted by Gasteiger charge is -2.26. The summed E-state index contributed by atoms with van der Waals surface area (Å²) in [5, 5.41) is 7.56. The molecular formula is C23H23N7O2. The third kappa shape index (κ3) is 3.90. The molecule has 1 fully saturated rings. The van der Waals surface area contributed by atoms with Crippen molar-refractivity contribution in [3.63, 3.8) is 0 Å². The average molecular weight is 429 g/mol. The molecule has 5 rings (SSSR count). The van der Waals surface area contributed by atoms with Crippen molar-refractivity contribution in [2.75, 3.05) is 30.0 Å². The van der Waals surface area contributed by atoms with Gasteiger partial charge in [-0.05, 0) is 36.2 Å². The van der Waals surface area contributed by atoms with E-state index in [1.54, 1.807) is 23.4 Å². The quantitative estimate of drug-likeness (QED) is 0.519. The number of carbonyl (C=O) groups is 1. The van der Waals surface area contributed by atoms with Gasteiger partial charge in [-0.3, -0.25) is 4.79 Å². The summed E-state index contributed by atoms with van der Waals surface area (Å²) in [5.74, 6) is 1.36. The summed E-state index contributed by atoms with van der Waals surface area (Å²) < 4.78 is 7.05. The number of carbonyl (C=O) groups excluding carboxylic acids is 1. The van der Waals surface area contributed by atoms with Crippen molar-refractivity contribution >= 4 is 28.9 Å². The number of fused-ring (bicyclic) bond motifs is 1. The van der Waals surface area contributed by atoms with Gasteiger partial charge in [0.05, 0.1) is 35.9 Å². The predicted molar refractivity (Wildman–Crippen MR) is 121 cm³/mol. The normalized spacial score (nSPS) is 14.3. The SMILES string of the molecule is CC(C)c1cnn2ccc(-c3ccnc(Nc4ccc(N5CCOCC5=O)cn4)n3)cc12. The molecule has 4 aromatic heterocycles. The number of pyridine rings is 2. The van der Waals surface area contributed by atoms with Crippen molar-refractivity contribution in [1.82, 2.24) is 24.6 Å². The molecule has 1 amide bonds. The number of rotatable bonds is 5. The minimum absolute atomic E-state index is 0.0643. The van der Waals surface area contributed by atoms with Crippen LogP contribution in [-0.2, 0) is 9.53 Å². The second-order valence-electron chi connectivity index (χ2n) is 7.89. The second kappa shape index (κ2) is 8.35. The van der Waals surface area contributed by atoms with E-state index >= 15 is 0 Å². The number of aromatic nitrogens is 5. The van der Waals surface area contributed by atoms with Gasteiger partial charge < -0.3 is 15.0 Å². The topological polar surface area (TPSA) is 97.5 Å². The molecule has 1 saturated heterocycles. The van der Waals surface area contributed by atoms with Crippen molar-refractivity contribution in [2.45, 2.75) is 19.8 Å². The van der Waals surface area contributed by atoms with Crippen LogP contribution >= 0.6 is 0 Å². The smallest absolute Gasteiger partial charge is 0.253 e. The monoisotopic (exact) mass is 429 g/mol. The molecule has 9 nitrogen and oxygen atoms in total. The molecule has 162 valence electrons. The lowest BCUT2D eigenvalue weighted by Crippen LogP contribution is -2.41. The lowest BCUT2D eigenvalue weighted by atomic mass is 10.0. The molecule has 0 unspecified atom stereocenters. The maximum Gasteiger partial charge on any atom is 0.253 e. The van der Waals surface area contributed by atoms with E-state index in [-0.39, 0.29) is 12.5 Å². The Hall–Kier alpha value is -3.85. The van der Waals surface area contributed by atoms with Crippen LogP contribution < -0.4 is 10.2 Å². The van der Waals surface area contributed by atoms with E-state index in [4.69, 9.17) is 4.74 Å². The molecular weight excluding hydrogens is 406 g/mol. The summed E-state index contributed by atoms with van der Waals surface area (Å²) in [5.41, 5.74) is 4.80. The van der Waals surface area contributed by atoms with Gasteiger partial charge in [0.25, 0.3) is 5.91 Å². The molecule has 0 bridgehead atoms. The first-order valence-corrected chi connectivity index (χ1v) is 10.5. The first-order valence-electron chi connectivity index (χ1n) is 10.5. The summed E-state index contributed by atoms with van der Waals surface area (Å²) in [4.78, 5) is 27.1. The highest BCUT2D eigenvalue weighted by Crippen LogP contribution is 2.26.